The Morgan fingerprint density at radius 1 is 1.33 bits per heavy atom. The summed E-state index contributed by atoms with van der Waals surface area (Å²) >= 11 is 0. The molecule has 1 aliphatic rings. The minimum Gasteiger partial charge on any atom is -0.399 e. The molecule has 5 nitrogen and oxygen atoms in total. The zero-order valence-corrected chi connectivity index (χ0v) is 12.9. The van der Waals surface area contributed by atoms with Gasteiger partial charge in [0.25, 0.3) is 5.91 Å². The average Bonchev–Trinajstić information content (AvgIpc) is 2.97. The van der Waals surface area contributed by atoms with Crippen LogP contribution in [0.15, 0.2) is 18.2 Å². The predicted octanol–water partition coefficient (Wildman–Crippen LogP) is 1.71. The number of aliphatic hydroxyl groups is 1. The zero-order valence-electron chi connectivity index (χ0n) is 12.9. The summed E-state index contributed by atoms with van der Waals surface area (Å²) in [7, 11) is 3.82. The molecule has 1 saturated carbocycles. The van der Waals surface area contributed by atoms with Crippen LogP contribution in [-0.4, -0.2) is 49.2 Å². The van der Waals surface area contributed by atoms with Crippen molar-refractivity contribution in [3.05, 3.63) is 23.8 Å². The van der Waals surface area contributed by atoms with Crippen LogP contribution >= 0.6 is 0 Å². The van der Waals surface area contributed by atoms with Gasteiger partial charge in [0.05, 0.1) is 12.2 Å². The van der Waals surface area contributed by atoms with Crippen LogP contribution in [-0.2, 0) is 0 Å². The van der Waals surface area contributed by atoms with Gasteiger partial charge in [0.2, 0.25) is 0 Å². The minimum atomic E-state index is -0.0352. The highest BCUT2D eigenvalue weighted by atomic mass is 16.3. The highest BCUT2D eigenvalue weighted by Gasteiger charge is 2.28. The Morgan fingerprint density at radius 3 is 2.57 bits per heavy atom. The van der Waals surface area contributed by atoms with Crippen molar-refractivity contribution in [2.75, 3.05) is 37.9 Å². The number of nitrogens with zero attached hydrogens (tertiary/aromatic N) is 2. The molecule has 116 valence electrons. The lowest BCUT2D eigenvalue weighted by Crippen LogP contribution is -2.41. The van der Waals surface area contributed by atoms with Gasteiger partial charge < -0.3 is 20.6 Å². The highest BCUT2D eigenvalue weighted by molar-refractivity contribution is 6.00. The first-order valence-corrected chi connectivity index (χ1v) is 7.53. The van der Waals surface area contributed by atoms with Gasteiger partial charge in [-0.3, -0.25) is 4.79 Å². The van der Waals surface area contributed by atoms with Crippen LogP contribution in [0.2, 0.25) is 0 Å². The molecule has 1 aromatic rings. The van der Waals surface area contributed by atoms with Gasteiger partial charge in [-0.05, 0) is 31.0 Å². The van der Waals surface area contributed by atoms with Crippen LogP contribution in [0.3, 0.4) is 0 Å². The Hall–Kier alpha value is -1.75. The van der Waals surface area contributed by atoms with Crippen molar-refractivity contribution in [1.82, 2.24) is 4.90 Å². The number of carbonyl (C=O) groups excluding carboxylic acids is 1. The van der Waals surface area contributed by atoms with Gasteiger partial charge in [0.15, 0.2) is 0 Å². The number of hydrogen-bond acceptors (Lipinski definition) is 4. The van der Waals surface area contributed by atoms with Crippen LogP contribution in [0.25, 0.3) is 0 Å². The fourth-order valence-corrected chi connectivity index (χ4v) is 3.04. The second-order valence-corrected chi connectivity index (χ2v) is 5.83. The largest absolute Gasteiger partial charge is 0.399 e. The number of benzene rings is 1. The number of nitrogen functional groups attached to an aromatic ring is 1. The lowest BCUT2D eigenvalue weighted by atomic mass is 10.1. The zero-order chi connectivity index (χ0) is 15.4. The van der Waals surface area contributed by atoms with E-state index >= 15 is 0 Å². The molecule has 0 heterocycles. The van der Waals surface area contributed by atoms with E-state index in [-0.39, 0.29) is 18.6 Å². The Morgan fingerprint density at radius 2 is 2.00 bits per heavy atom. The number of carbonyl (C=O) groups is 1. The van der Waals surface area contributed by atoms with E-state index in [4.69, 9.17) is 5.73 Å². The van der Waals surface area contributed by atoms with E-state index in [0.29, 0.717) is 17.8 Å². The van der Waals surface area contributed by atoms with Crippen molar-refractivity contribution in [2.24, 2.45) is 0 Å². The van der Waals surface area contributed by atoms with Gasteiger partial charge in [-0.1, -0.05) is 12.8 Å². The molecule has 2 rings (SSSR count). The molecule has 0 atom stereocenters. The molecule has 3 N–H and O–H groups in total. The number of rotatable bonds is 5. The van der Waals surface area contributed by atoms with E-state index in [2.05, 4.69) is 0 Å². The molecule has 0 spiro atoms. The van der Waals surface area contributed by atoms with E-state index in [0.717, 1.165) is 31.4 Å². The normalized spacial score (nSPS) is 15.2. The van der Waals surface area contributed by atoms with Crippen molar-refractivity contribution >= 4 is 17.3 Å². The molecule has 0 aromatic heterocycles. The van der Waals surface area contributed by atoms with Crippen LogP contribution < -0.4 is 10.6 Å². The summed E-state index contributed by atoms with van der Waals surface area (Å²) in [6, 6.07) is 5.64. The van der Waals surface area contributed by atoms with E-state index in [1.54, 1.807) is 12.1 Å². The van der Waals surface area contributed by atoms with E-state index in [9.17, 15) is 9.90 Å². The average molecular weight is 291 g/mol. The summed E-state index contributed by atoms with van der Waals surface area (Å²) in [6.45, 7) is 0.368. The summed E-state index contributed by atoms with van der Waals surface area (Å²) in [5, 5.41) is 9.30. The highest BCUT2D eigenvalue weighted by Crippen LogP contribution is 2.28. The summed E-state index contributed by atoms with van der Waals surface area (Å²) in [4.78, 5) is 16.7. The van der Waals surface area contributed by atoms with Gasteiger partial charge in [-0.25, -0.2) is 0 Å². The van der Waals surface area contributed by atoms with Crippen molar-refractivity contribution in [2.45, 2.75) is 31.7 Å². The third-order valence-corrected chi connectivity index (χ3v) is 4.10. The molecule has 0 radical (unpaired) electrons. The Kier molecular flexibility index (Phi) is 5.07. The molecule has 1 fully saturated rings. The number of nitrogens with two attached hydrogens (primary N) is 1. The molecular weight excluding hydrogens is 266 g/mol. The second kappa shape index (κ2) is 6.80. The van der Waals surface area contributed by atoms with Crippen LogP contribution in [0, 0.1) is 0 Å². The quantitative estimate of drug-likeness (QED) is 0.810. The predicted molar refractivity (Wildman–Crippen MR) is 85.6 cm³/mol. The van der Waals surface area contributed by atoms with Crippen molar-refractivity contribution in [1.29, 1.82) is 0 Å². The third-order valence-electron chi connectivity index (χ3n) is 4.10. The van der Waals surface area contributed by atoms with Crippen molar-refractivity contribution in [3.8, 4) is 0 Å². The number of anilines is 2. The van der Waals surface area contributed by atoms with Crippen LogP contribution in [0.4, 0.5) is 11.4 Å². The van der Waals surface area contributed by atoms with Crippen LogP contribution in [0.5, 0.6) is 0 Å². The minimum absolute atomic E-state index is 0.0121. The fraction of sp³-hybridized carbons (Fsp3) is 0.562. The smallest absolute Gasteiger partial charge is 0.256 e. The summed E-state index contributed by atoms with van der Waals surface area (Å²) in [5.41, 5.74) is 7.91. The Balaban J connectivity index is 2.33. The molecule has 1 amide bonds. The van der Waals surface area contributed by atoms with Crippen molar-refractivity contribution in [3.63, 3.8) is 0 Å². The summed E-state index contributed by atoms with van der Waals surface area (Å²) in [6.07, 6.45) is 4.34. The molecule has 0 aliphatic heterocycles. The monoisotopic (exact) mass is 291 g/mol. The van der Waals surface area contributed by atoms with Crippen molar-refractivity contribution < 1.29 is 9.90 Å². The first-order valence-electron chi connectivity index (χ1n) is 7.53. The molecule has 5 heteroatoms. The second-order valence-electron chi connectivity index (χ2n) is 5.83. The SMILES string of the molecule is CN(C)c1ccc(N)cc1C(=O)N(CCO)C1CCCC1. The van der Waals surface area contributed by atoms with Gasteiger partial charge in [-0.2, -0.15) is 0 Å². The number of aliphatic hydroxyl groups excluding tert-OH is 1. The third kappa shape index (κ3) is 3.47. The molecular formula is C16H25N3O2. The lowest BCUT2D eigenvalue weighted by Gasteiger charge is -2.30. The lowest BCUT2D eigenvalue weighted by molar-refractivity contribution is 0.0639. The standard InChI is InChI=1S/C16H25N3O2/c1-18(2)15-8-7-12(17)11-14(15)16(21)19(9-10-20)13-5-3-4-6-13/h7-8,11,13,20H,3-6,9-10,17H2,1-2H3. The Labute approximate surface area is 126 Å². The molecule has 21 heavy (non-hydrogen) atoms. The summed E-state index contributed by atoms with van der Waals surface area (Å²) < 4.78 is 0. The maximum Gasteiger partial charge on any atom is 0.256 e. The molecule has 0 saturated heterocycles. The number of hydrogen-bond donors (Lipinski definition) is 2. The van der Waals surface area contributed by atoms with E-state index in [1.165, 1.54) is 0 Å². The van der Waals surface area contributed by atoms with Gasteiger partial charge in [-0.15, -0.1) is 0 Å². The van der Waals surface area contributed by atoms with Crippen LogP contribution in [0.1, 0.15) is 36.0 Å². The molecule has 0 unspecified atom stereocenters. The first kappa shape index (κ1) is 15.6. The van der Waals surface area contributed by atoms with Gasteiger partial charge >= 0.3 is 0 Å². The Bertz CT molecular complexity index is 496. The summed E-state index contributed by atoms with van der Waals surface area (Å²) in [5.74, 6) is -0.0352. The topological polar surface area (TPSA) is 69.8 Å². The van der Waals surface area contributed by atoms with Gasteiger partial charge in [0, 0.05) is 38.1 Å². The van der Waals surface area contributed by atoms with Gasteiger partial charge in [0.1, 0.15) is 0 Å². The molecule has 1 aromatic carbocycles. The van der Waals surface area contributed by atoms with E-state index in [1.807, 2.05) is 30.0 Å². The molecule has 1 aliphatic carbocycles. The fourth-order valence-electron chi connectivity index (χ4n) is 3.04. The number of amides is 1. The van der Waals surface area contributed by atoms with E-state index < -0.39 is 0 Å². The molecule has 0 bridgehead atoms. The first-order chi connectivity index (χ1) is 10.0. The maximum atomic E-state index is 12.9. The maximum absolute atomic E-state index is 12.9.